The summed E-state index contributed by atoms with van der Waals surface area (Å²) in [5, 5.41) is 16.3. The van der Waals surface area contributed by atoms with E-state index in [-0.39, 0.29) is 24.3 Å². The van der Waals surface area contributed by atoms with Gasteiger partial charge in [-0.05, 0) is 70.4 Å². The number of hydrogen-bond donors (Lipinski definition) is 3. The van der Waals surface area contributed by atoms with Crippen LogP contribution in [0.4, 0.5) is 24.5 Å². The minimum absolute atomic E-state index is 0.0594. The quantitative estimate of drug-likeness (QED) is 0.475. The number of anilines is 2. The van der Waals surface area contributed by atoms with E-state index in [1.165, 1.54) is 17.0 Å². The molecule has 0 spiro atoms. The number of aryl methyl sites for hydroxylation is 1. The van der Waals surface area contributed by atoms with E-state index in [9.17, 15) is 23.1 Å². The van der Waals surface area contributed by atoms with Crippen LogP contribution in [0.15, 0.2) is 30.3 Å². The molecule has 1 aliphatic rings. The molecule has 6 nitrogen and oxygen atoms in total. The maximum atomic E-state index is 14.6. The second-order valence-corrected chi connectivity index (χ2v) is 8.61. The van der Waals surface area contributed by atoms with Crippen LogP contribution in [0.3, 0.4) is 0 Å². The highest BCUT2D eigenvalue weighted by atomic mass is 19.2. The molecule has 2 aromatic rings. The first-order valence-electron chi connectivity index (χ1n) is 11.5. The number of benzene rings is 2. The molecule has 0 bridgehead atoms. The molecular formula is C25H35F3N4O2. The van der Waals surface area contributed by atoms with E-state index in [1.54, 1.807) is 13.0 Å². The van der Waals surface area contributed by atoms with Crippen LogP contribution in [-0.4, -0.2) is 73.2 Å². The molecular weight excluding hydrogens is 445 g/mol. The summed E-state index contributed by atoms with van der Waals surface area (Å²) in [6.45, 7) is 7.79. The molecule has 0 unspecified atom stereocenters. The van der Waals surface area contributed by atoms with E-state index in [2.05, 4.69) is 15.5 Å². The molecule has 3 N–H and O–H groups in total. The molecule has 34 heavy (non-hydrogen) atoms. The van der Waals surface area contributed by atoms with Gasteiger partial charge in [0.25, 0.3) is 5.91 Å². The molecule has 2 aromatic carbocycles. The van der Waals surface area contributed by atoms with Crippen molar-refractivity contribution in [2.24, 2.45) is 0 Å². The second kappa shape index (κ2) is 12.2. The van der Waals surface area contributed by atoms with Crippen molar-refractivity contribution in [3.63, 3.8) is 0 Å². The Balaban J connectivity index is 0.00000199. The van der Waals surface area contributed by atoms with E-state index in [0.717, 1.165) is 31.6 Å². The monoisotopic (exact) mass is 480 g/mol. The van der Waals surface area contributed by atoms with Crippen LogP contribution < -0.4 is 10.6 Å². The van der Waals surface area contributed by atoms with E-state index >= 15 is 0 Å². The third kappa shape index (κ3) is 6.94. The van der Waals surface area contributed by atoms with Crippen LogP contribution in [0.25, 0.3) is 0 Å². The fraction of sp³-hybridized carbons (Fsp3) is 0.480. The van der Waals surface area contributed by atoms with Crippen molar-refractivity contribution in [1.29, 1.82) is 0 Å². The highest BCUT2D eigenvalue weighted by Gasteiger charge is 2.44. The first-order chi connectivity index (χ1) is 16.1. The zero-order chi connectivity index (χ0) is 25.5. The Labute approximate surface area is 199 Å². The number of halogens is 3. The Bertz CT molecular complexity index is 979. The molecule has 0 radical (unpaired) electrons. The van der Waals surface area contributed by atoms with Gasteiger partial charge in [0.05, 0.1) is 30.0 Å². The van der Waals surface area contributed by atoms with Gasteiger partial charge in [-0.1, -0.05) is 19.9 Å². The van der Waals surface area contributed by atoms with E-state index in [0.29, 0.717) is 12.1 Å². The predicted molar refractivity (Wildman–Crippen MR) is 129 cm³/mol. The molecule has 1 heterocycles. The van der Waals surface area contributed by atoms with Crippen molar-refractivity contribution in [2.75, 3.05) is 52.1 Å². The number of aliphatic hydroxyl groups is 1. The van der Waals surface area contributed by atoms with Gasteiger partial charge in [-0.2, -0.15) is 0 Å². The topological polar surface area (TPSA) is 67.8 Å². The maximum Gasteiger partial charge on any atom is 0.256 e. The number of carbonyl (C=O) groups is 1. The number of carbonyl (C=O) groups excluding carboxylic acids is 1. The first kappa shape index (κ1) is 27.6. The number of hydrogen-bond acceptors (Lipinski definition) is 5. The van der Waals surface area contributed by atoms with Crippen molar-refractivity contribution < 1.29 is 23.1 Å². The van der Waals surface area contributed by atoms with Crippen molar-refractivity contribution >= 4 is 17.3 Å². The lowest BCUT2D eigenvalue weighted by Crippen LogP contribution is -2.67. The van der Waals surface area contributed by atoms with E-state index < -0.39 is 34.6 Å². The highest BCUT2D eigenvalue weighted by Crippen LogP contribution is 2.31. The van der Waals surface area contributed by atoms with Crippen molar-refractivity contribution in [1.82, 2.24) is 15.1 Å². The van der Waals surface area contributed by atoms with Gasteiger partial charge in [0, 0.05) is 6.54 Å². The maximum absolute atomic E-state index is 14.6. The Morgan fingerprint density at radius 2 is 1.79 bits per heavy atom. The molecule has 0 atom stereocenters. The van der Waals surface area contributed by atoms with E-state index in [1.807, 2.05) is 27.9 Å². The Morgan fingerprint density at radius 3 is 2.41 bits per heavy atom. The van der Waals surface area contributed by atoms with Crippen LogP contribution in [0.1, 0.15) is 36.2 Å². The second-order valence-electron chi connectivity index (χ2n) is 8.61. The normalized spacial score (nSPS) is 14.4. The lowest BCUT2D eigenvalue weighted by molar-refractivity contribution is -0.0784. The SMILES string of the molecule is CC.Cc1ccc(Nc2c(C(=O)N3CC(O)(CNCCCN(C)C)C3)ccc(F)c2F)c(F)c1. The van der Waals surface area contributed by atoms with Crippen molar-refractivity contribution in [2.45, 2.75) is 32.8 Å². The van der Waals surface area contributed by atoms with Gasteiger partial charge in [0.15, 0.2) is 11.6 Å². The van der Waals surface area contributed by atoms with Crippen LogP contribution in [0.2, 0.25) is 0 Å². The minimum atomic E-state index is -1.27. The fourth-order valence-electron chi connectivity index (χ4n) is 3.64. The molecule has 0 saturated carbocycles. The predicted octanol–water partition coefficient (Wildman–Crippen LogP) is 3.91. The number of nitrogens with one attached hydrogen (secondary N) is 2. The molecule has 1 saturated heterocycles. The first-order valence-corrected chi connectivity index (χ1v) is 11.5. The molecule has 1 aliphatic heterocycles. The molecule has 1 amide bonds. The smallest absolute Gasteiger partial charge is 0.256 e. The molecule has 188 valence electrons. The Hall–Kier alpha value is -2.62. The average molecular weight is 481 g/mol. The number of amides is 1. The third-order valence-corrected chi connectivity index (χ3v) is 5.38. The summed E-state index contributed by atoms with van der Waals surface area (Å²) < 4.78 is 42.7. The van der Waals surface area contributed by atoms with Gasteiger partial charge < -0.3 is 25.5 Å². The van der Waals surface area contributed by atoms with Gasteiger partial charge in [-0.3, -0.25) is 4.79 Å². The molecule has 0 aromatic heterocycles. The van der Waals surface area contributed by atoms with Crippen LogP contribution in [-0.2, 0) is 0 Å². The number of nitrogens with zero attached hydrogens (tertiary/aromatic N) is 2. The number of rotatable bonds is 9. The fourth-order valence-corrected chi connectivity index (χ4v) is 3.64. The zero-order valence-electron chi connectivity index (χ0n) is 20.5. The lowest BCUT2D eigenvalue weighted by Gasteiger charge is -2.46. The Kier molecular flexibility index (Phi) is 9.90. The van der Waals surface area contributed by atoms with Gasteiger partial charge in [-0.15, -0.1) is 0 Å². The summed E-state index contributed by atoms with van der Waals surface area (Å²) in [4.78, 5) is 16.4. The van der Waals surface area contributed by atoms with E-state index in [4.69, 9.17) is 0 Å². The Morgan fingerprint density at radius 1 is 1.12 bits per heavy atom. The van der Waals surface area contributed by atoms with Crippen molar-refractivity contribution in [3.05, 3.63) is 58.9 Å². The van der Waals surface area contributed by atoms with Gasteiger partial charge in [0.1, 0.15) is 11.4 Å². The summed E-state index contributed by atoms with van der Waals surface area (Å²) in [5.74, 6) is -3.64. The lowest BCUT2D eigenvalue weighted by atomic mass is 9.92. The van der Waals surface area contributed by atoms with Crippen LogP contribution in [0, 0.1) is 24.4 Å². The summed E-state index contributed by atoms with van der Waals surface area (Å²) >= 11 is 0. The summed E-state index contributed by atoms with van der Waals surface area (Å²) in [6, 6.07) is 6.28. The molecule has 1 fully saturated rings. The number of β-amino-alcohol motifs (C(OH)–C–C–N with tert-alkyl or cyclic N) is 1. The largest absolute Gasteiger partial charge is 0.385 e. The van der Waals surface area contributed by atoms with Crippen LogP contribution in [0.5, 0.6) is 0 Å². The van der Waals surface area contributed by atoms with Gasteiger partial charge in [-0.25, -0.2) is 13.2 Å². The highest BCUT2D eigenvalue weighted by molar-refractivity contribution is 6.01. The van der Waals surface area contributed by atoms with Gasteiger partial charge >= 0.3 is 0 Å². The summed E-state index contributed by atoms with van der Waals surface area (Å²) in [6.07, 6.45) is 0.922. The van der Waals surface area contributed by atoms with Crippen molar-refractivity contribution in [3.8, 4) is 0 Å². The zero-order valence-corrected chi connectivity index (χ0v) is 20.5. The molecule has 9 heteroatoms. The average Bonchev–Trinajstić information content (AvgIpc) is 2.77. The summed E-state index contributed by atoms with van der Waals surface area (Å²) in [5.41, 5.74) is -1.06. The van der Waals surface area contributed by atoms with Gasteiger partial charge in [0.2, 0.25) is 0 Å². The van der Waals surface area contributed by atoms with Crippen LogP contribution >= 0.6 is 0 Å². The standard InChI is InChI=1S/C23H29F3N4O2.C2H6/c1-15-5-8-19(18(25)11-15)28-21-16(6-7-17(24)20(21)26)22(31)30-13-23(32,14-30)12-27-9-4-10-29(2)3;1-2/h5-8,11,27-28,32H,4,9-10,12-14H2,1-3H3;1-2H3. The molecule has 3 rings (SSSR count). The number of likely N-dealkylation sites (tertiary alicyclic amines) is 1. The third-order valence-electron chi connectivity index (χ3n) is 5.38. The molecule has 0 aliphatic carbocycles. The summed E-state index contributed by atoms with van der Waals surface area (Å²) in [7, 11) is 3.97. The minimum Gasteiger partial charge on any atom is -0.385 e.